The number of nitrogens with one attached hydrogen (secondary N) is 4. The minimum absolute atomic E-state index is 0.137. The van der Waals surface area contributed by atoms with Gasteiger partial charge in [0, 0.05) is 26.2 Å². The van der Waals surface area contributed by atoms with E-state index in [1.165, 1.54) is 0 Å². The fourth-order valence-electron chi connectivity index (χ4n) is 2.22. The van der Waals surface area contributed by atoms with Gasteiger partial charge in [-0.25, -0.2) is 0 Å². The Labute approximate surface area is 235 Å². The SMILES string of the molecule is CC(C)(N=NC(C)(C)C(=O)NCCO)C(=O)NCCO.CC(C)(N=NC(C)(C)C(=O)NCCO)C(=O)NCCO. The first-order chi connectivity index (χ1) is 18.3. The number of rotatable bonds is 16. The van der Waals surface area contributed by atoms with Gasteiger partial charge in [-0.3, -0.25) is 19.2 Å². The summed E-state index contributed by atoms with van der Waals surface area (Å²) in [7, 11) is 0. The smallest absolute Gasteiger partial charge is 0.249 e. The highest BCUT2D eigenvalue weighted by molar-refractivity contribution is 5.87. The van der Waals surface area contributed by atoms with Gasteiger partial charge in [0.25, 0.3) is 0 Å². The maximum absolute atomic E-state index is 11.8. The summed E-state index contributed by atoms with van der Waals surface area (Å²) in [5.74, 6) is -1.55. The quantitative estimate of drug-likeness (QED) is 0.0994. The maximum Gasteiger partial charge on any atom is 0.249 e. The normalized spacial score (nSPS) is 12.5. The molecule has 8 N–H and O–H groups in total. The number of nitrogens with zero attached hydrogens (tertiary/aromatic N) is 4. The van der Waals surface area contributed by atoms with E-state index in [2.05, 4.69) is 41.7 Å². The van der Waals surface area contributed by atoms with Crippen LogP contribution in [0, 0.1) is 0 Å². The third-order valence-electron chi connectivity index (χ3n) is 4.91. The molecule has 4 amide bonds. The van der Waals surface area contributed by atoms with E-state index in [1.54, 1.807) is 55.4 Å². The van der Waals surface area contributed by atoms with Gasteiger partial charge in [-0.15, -0.1) is 0 Å². The first-order valence-electron chi connectivity index (χ1n) is 12.8. The Morgan fingerprint density at radius 3 is 0.700 bits per heavy atom. The predicted molar refractivity (Wildman–Crippen MR) is 146 cm³/mol. The van der Waals surface area contributed by atoms with Crippen LogP contribution in [0.1, 0.15) is 55.4 Å². The molecule has 0 aromatic rings. The van der Waals surface area contributed by atoms with Gasteiger partial charge >= 0.3 is 0 Å². The van der Waals surface area contributed by atoms with E-state index in [1.807, 2.05) is 0 Å². The molecule has 0 bridgehead atoms. The van der Waals surface area contributed by atoms with Crippen molar-refractivity contribution in [1.29, 1.82) is 0 Å². The number of azo groups is 2. The lowest BCUT2D eigenvalue weighted by Gasteiger charge is -2.21. The second-order valence-corrected chi connectivity index (χ2v) is 10.6. The molecule has 16 heteroatoms. The number of hydrogen-bond acceptors (Lipinski definition) is 12. The van der Waals surface area contributed by atoms with Crippen molar-refractivity contribution in [2.75, 3.05) is 52.6 Å². The van der Waals surface area contributed by atoms with Crippen LogP contribution in [0.15, 0.2) is 20.5 Å². The van der Waals surface area contributed by atoms with E-state index in [-0.39, 0.29) is 76.2 Å². The average Bonchev–Trinajstić information content (AvgIpc) is 2.89. The molecule has 0 spiro atoms. The van der Waals surface area contributed by atoms with Crippen molar-refractivity contribution in [2.24, 2.45) is 20.5 Å². The van der Waals surface area contributed by atoms with E-state index in [4.69, 9.17) is 20.4 Å². The molecule has 0 saturated heterocycles. The topological polar surface area (TPSA) is 247 Å². The largest absolute Gasteiger partial charge is 0.395 e. The summed E-state index contributed by atoms with van der Waals surface area (Å²) in [5, 5.41) is 60.3. The van der Waals surface area contributed by atoms with E-state index in [0.717, 1.165) is 0 Å². The summed E-state index contributed by atoms with van der Waals surface area (Å²) in [6, 6.07) is 0. The molecular formula is C24H48N8O8. The molecule has 0 aromatic carbocycles. The number of carbonyl (C=O) groups is 4. The summed E-state index contributed by atoms with van der Waals surface area (Å²) in [5.41, 5.74) is -4.54. The minimum atomic E-state index is -1.14. The number of aliphatic hydroxyl groups excluding tert-OH is 4. The fourth-order valence-corrected chi connectivity index (χ4v) is 2.22. The lowest BCUT2D eigenvalue weighted by atomic mass is 10.0. The minimum Gasteiger partial charge on any atom is -0.395 e. The lowest BCUT2D eigenvalue weighted by Crippen LogP contribution is -2.44. The zero-order valence-corrected chi connectivity index (χ0v) is 24.9. The molecule has 232 valence electrons. The van der Waals surface area contributed by atoms with E-state index in [9.17, 15) is 19.2 Å². The predicted octanol–water partition coefficient (Wildman–Crippen LogP) is -1.57. The van der Waals surface area contributed by atoms with Crippen molar-refractivity contribution in [3.63, 3.8) is 0 Å². The molecule has 0 saturated carbocycles. The van der Waals surface area contributed by atoms with Crippen molar-refractivity contribution in [3.8, 4) is 0 Å². The van der Waals surface area contributed by atoms with Crippen LogP contribution in [0.4, 0.5) is 0 Å². The number of hydrogen-bond donors (Lipinski definition) is 8. The molecule has 0 heterocycles. The standard InChI is InChI=1S/2C12H24N4O4/c2*1-11(2,9(19)13-5-7-17)15-16-12(3,4)10(20)14-6-8-18/h2*17-18H,5-8H2,1-4H3,(H,13,19)(H,14,20). The molecule has 0 aliphatic carbocycles. The Morgan fingerprint density at radius 2 is 0.575 bits per heavy atom. The van der Waals surface area contributed by atoms with Gasteiger partial charge in [0.05, 0.1) is 26.4 Å². The van der Waals surface area contributed by atoms with Crippen LogP contribution in [-0.2, 0) is 19.2 Å². The summed E-state index contributed by atoms with van der Waals surface area (Å²) in [4.78, 5) is 47.1. The van der Waals surface area contributed by atoms with Gasteiger partial charge in [0.2, 0.25) is 23.6 Å². The zero-order valence-electron chi connectivity index (χ0n) is 24.9. The highest BCUT2D eigenvalue weighted by Crippen LogP contribution is 2.17. The molecule has 40 heavy (non-hydrogen) atoms. The Morgan fingerprint density at radius 1 is 0.425 bits per heavy atom. The molecule has 0 radical (unpaired) electrons. The van der Waals surface area contributed by atoms with Crippen molar-refractivity contribution in [1.82, 2.24) is 21.3 Å². The Balaban J connectivity index is 0. The first-order valence-corrected chi connectivity index (χ1v) is 12.8. The summed E-state index contributed by atoms with van der Waals surface area (Å²) in [6.45, 7) is 12.4. The second-order valence-electron chi connectivity index (χ2n) is 10.6. The van der Waals surface area contributed by atoms with E-state index < -0.39 is 22.2 Å². The van der Waals surface area contributed by atoms with Gasteiger partial charge < -0.3 is 41.7 Å². The second kappa shape index (κ2) is 18.3. The number of aliphatic hydroxyl groups is 4. The Kier molecular flexibility index (Phi) is 17.9. The van der Waals surface area contributed by atoms with Crippen LogP contribution in [0.25, 0.3) is 0 Å². The van der Waals surface area contributed by atoms with Gasteiger partial charge in [-0.05, 0) is 55.4 Å². The summed E-state index contributed by atoms with van der Waals surface area (Å²) < 4.78 is 0. The van der Waals surface area contributed by atoms with Crippen LogP contribution < -0.4 is 21.3 Å². The molecule has 0 aliphatic heterocycles. The number of carbonyl (C=O) groups excluding carboxylic acids is 4. The highest BCUT2D eigenvalue weighted by atomic mass is 16.3. The maximum atomic E-state index is 11.8. The monoisotopic (exact) mass is 576 g/mol. The third kappa shape index (κ3) is 15.5. The molecule has 0 aliphatic rings. The van der Waals surface area contributed by atoms with Gasteiger partial charge in [0.15, 0.2) is 22.2 Å². The first kappa shape index (κ1) is 39.1. The molecule has 0 atom stereocenters. The van der Waals surface area contributed by atoms with Crippen LogP contribution >= 0.6 is 0 Å². The summed E-state index contributed by atoms with van der Waals surface area (Å²) in [6.07, 6.45) is 0. The van der Waals surface area contributed by atoms with Crippen molar-refractivity contribution < 1.29 is 39.6 Å². The van der Waals surface area contributed by atoms with Crippen LogP contribution in [-0.4, -0.2) is 119 Å². The average molecular weight is 577 g/mol. The Bertz CT molecular complexity index is 735. The van der Waals surface area contributed by atoms with Crippen molar-refractivity contribution in [3.05, 3.63) is 0 Å². The van der Waals surface area contributed by atoms with Gasteiger partial charge in [0.1, 0.15) is 0 Å². The molecule has 0 aromatic heterocycles. The lowest BCUT2D eigenvalue weighted by molar-refractivity contribution is -0.127. The zero-order chi connectivity index (χ0) is 31.6. The third-order valence-corrected chi connectivity index (χ3v) is 4.91. The molecular weight excluding hydrogens is 528 g/mol. The van der Waals surface area contributed by atoms with Crippen molar-refractivity contribution >= 4 is 23.6 Å². The summed E-state index contributed by atoms with van der Waals surface area (Å²) >= 11 is 0. The van der Waals surface area contributed by atoms with Crippen LogP contribution in [0.5, 0.6) is 0 Å². The molecule has 0 unspecified atom stereocenters. The molecule has 0 fully saturated rings. The molecule has 16 nitrogen and oxygen atoms in total. The van der Waals surface area contributed by atoms with Crippen molar-refractivity contribution in [2.45, 2.75) is 77.5 Å². The van der Waals surface area contributed by atoms with E-state index in [0.29, 0.717) is 0 Å². The Hall–Kier alpha value is -3.08. The van der Waals surface area contributed by atoms with Crippen LogP contribution in [0.2, 0.25) is 0 Å². The number of amides is 4. The van der Waals surface area contributed by atoms with Gasteiger partial charge in [-0.1, -0.05) is 0 Å². The van der Waals surface area contributed by atoms with E-state index >= 15 is 0 Å². The van der Waals surface area contributed by atoms with Gasteiger partial charge in [-0.2, -0.15) is 20.5 Å². The van der Waals surface area contributed by atoms with Crippen LogP contribution in [0.3, 0.4) is 0 Å². The highest BCUT2D eigenvalue weighted by Gasteiger charge is 2.33. The fraction of sp³-hybridized carbons (Fsp3) is 0.833. The molecule has 0 rings (SSSR count).